The van der Waals surface area contributed by atoms with Crippen LogP contribution >= 0.6 is 11.3 Å². The fourth-order valence-electron chi connectivity index (χ4n) is 2.45. The van der Waals surface area contributed by atoms with Gasteiger partial charge in [-0.3, -0.25) is 0 Å². The second kappa shape index (κ2) is 6.02. The maximum Gasteiger partial charge on any atom is 0.136 e. The Morgan fingerprint density at radius 1 is 1.43 bits per heavy atom. The van der Waals surface area contributed by atoms with E-state index in [4.69, 9.17) is 10.7 Å². The molecule has 1 saturated carbocycles. The van der Waals surface area contributed by atoms with Crippen molar-refractivity contribution in [3.8, 4) is 0 Å². The smallest absolute Gasteiger partial charge is 0.136 e. The molecule has 1 unspecified atom stereocenters. The number of anilines is 2. The van der Waals surface area contributed by atoms with Crippen molar-refractivity contribution in [2.24, 2.45) is 0 Å². The SMILES string of the molecule is CCCC(Nc1nc(C2CC2)nc(N)c1C)c1cccs1. The quantitative estimate of drug-likeness (QED) is 0.837. The summed E-state index contributed by atoms with van der Waals surface area (Å²) in [4.78, 5) is 10.5. The maximum absolute atomic E-state index is 6.07. The van der Waals surface area contributed by atoms with Gasteiger partial charge in [-0.15, -0.1) is 11.3 Å². The highest BCUT2D eigenvalue weighted by Crippen LogP contribution is 2.39. The summed E-state index contributed by atoms with van der Waals surface area (Å²) in [5.41, 5.74) is 7.02. The second-order valence-electron chi connectivity index (χ2n) is 5.72. The zero-order valence-electron chi connectivity index (χ0n) is 12.6. The average Bonchev–Trinajstić information content (AvgIpc) is 3.18. The van der Waals surface area contributed by atoms with Gasteiger partial charge in [-0.25, -0.2) is 9.97 Å². The van der Waals surface area contributed by atoms with Crippen molar-refractivity contribution in [2.75, 3.05) is 11.1 Å². The minimum atomic E-state index is 0.301. The highest BCUT2D eigenvalue weighted by Gasteiger charge is 2.28. The van der Waals surface area contributed by atoms with Crippen molar-refractivity contribution < 1.29 is 0 Å². The van der Waals surface area contributed by atoms with Crippen LogP contribution in [0.1, 0.15) is 60.8 Å². The van der Waals surface area contributed by atoms with Gasteiger partial charge >= 0.3 is 0 Å². The third-order valence-electron chi connectivity index (χ3n) is 3.92. The molecule has 0 radical (unpaired) electrons. The molecule has 112 valence electrons. The van der Waals surface area contributed by atoms with Gasteiger partial charge in [0.1, 0.15) is 17.5 Å². The van der Waals surface area contributed by atoms with Gasteiger partial charge in [0, 0.05) is 16.4 Å². The van der Waals surface area contributed by atoms with Crippen molar-refractivity contribution in [3.63, 3.8) is 0 Å². The fraction of sp³-hybridized carbons (Fsp3) is 0.500. The number of nitrogens with two attached hydrogens (primary N) is 1. The van der Waals surface area contributed by atoms with E-state index in [0.717, 1.165) is 30.0 Å². The fourth-order valence-corrected chi connectivity index (χ4v) is 3.26. The molecule has 0 spiro atoms. The molecule has 1 aliphatic rings. The predicted octanol–water partition coefficient (Wildman–Crippen LogP) is 4.26. The van der Waals surface area contributed by atoms with E-state index < -0.39 is 0 Å². The Morgan fingerprint density at radius 3 is 2.86 bits per heavy atom. The standard InChI is InChI=1S/C16H22N4S/c1-3-5-12(13-6-4-9-21-13)18-15-10(2)14(17)19-16(20-15)11-7-8-11/h4,6,9,11-12H,3,5,7-8H2,1-2H3,(H3,17,18,19,20). The van der Waals surface area contributed by atoms with Gasteiger partial charge in [0.05, 0.1) is 6.04 Å². The molecule has 2 aromatic rings. The molecule has 1 aliphatic carbocycles. The average molecular weight is 302 g/mol. The molecule has 1 atom stereocenters. The van der Waals surface area contributed by atoms with E-state index in [0.29, 0.717) is 17.8 Å². The predicted molar refractivity (Wildman–Crippen MR) is 88.7 cm³/mol. The zero-order valence-corrected chi connectivity index (χ0v) is 13.4. The maximum atomic E-state index is 6.07. The van der Waals surface area contributed by atoms with Gasteiger partial charge in [-0.1, -0.05) is 19.4 Å². The molecule has 5 heteroatoms. The number of nitrogen functional groups attached to an aromatic ring is 1. The van der Waals surface area contributed by atoms with Crippen molar-refractivity contribution in [1.29, 1.82) is 0 Å². The van der Waals surface area contributed by atoms with Crippen molar-refractivity contribution in [3.05, 3.63) is 33.8 Å². The summed E-state index contributed by atoms with van der Waals surface area (Å²) < 4.78 is 0. The van der Waals surface area contributed by atoms with Gasteiger partial charge in [0.25, 0.3) is 0 Å². The lowest BCUT2D eigenvalue weighted by atomic mass is 10.1. The monoisotopic (exact) mass is 302 g/mol. The summed E-state index contributed by atoms with van der Waals surface area (Å²) in [6.07, 6.45) is 4.59. The lowest BCUT2D eigenvalue weighted by molar-refractivity contribution is 0.682. The third-order valence-corrected chi connectivity index (χ3v) is 4.90. The van der Waals surface area contributed by atoms with Gasteiger partial charge < -0.3 is 11.1 Å². The van der Waals surface area contributed by atoms with Gasteiger partial charge in [-0.2, -0.15) is 0 Å². The normalized spacial score (nSPS) is 15.9. The molecule has 0 aromatic carbocycles. The van der Waals surface area contributed by atoms with E-state index >= 15 is 0 Å². The van der Waals surface area contributed by atoms with Crippen molar-refractivity contribution >= 4 is 23.0 Å². The molecule has 0 saturated heterocycles. The van der Waals surface area contributed by atoms with Crippen molar-refractivity contribution in [2.45, 2.75) is 51.5 Å². The summed E-state index contributed by atoms with van der Waals surface area (Å²) in [6, 6.07) is 4.58. The van der Waals surface area contributed by atoms with Gasteiger partial charge in [0.2, 0.25) is 0 Å². The van der Waals surface area contributed by atoms with Crippen LogP contribution in [0.3, 0.4) is 0 Å². The second-order valence-corrected chi connectivity index (χ2v) is 6.70. The molecule has 21 heavy (non-hydrogen) atoms. The lowest BCUT2D eigenvalue weighted by Crippen LogP contribution is -2.14. The summed E-state index contributed by atoms with van der Waals surface area (Å²) in [6.45, 7) is 4.20. The highest BCUT2D eigenvalue weighted by atomic mass is 32.1. The van der Waals surface area contributed by atoms with Gasteiger partial charge in [-0.05, 0) is 37.6 Å². The number of thiophene rings is 1. The van der Waals surface area contributed by atoms with Gasteiger partial charge in [0.15, 0.2) is 0 Å². The number of rotatable bonds is 6. The summed E-state index contributed by atoms with van der Waals surface area (Å²) >= 11 is 1.79. The van der Waals surface area contributed by atoms with Crippen molar-refractivity contribution in [1.82, 2.24) is 9.97 Å². The van der Waals surface area contributed by atoms with Crippen LogP contribution in [0.4, 0.5) is 11.6 Å². The molecular weight excluding hydrogens is 280 g/mol. The van der Waals surface area contributed by atoms with E-state index in [1.54, 1.807) is 11.3 Å². The molecule has 2 aromatic heterocycles. The topological polar surface area (TPSA) is 63.8 Å². The number of hydrogen-bond donors (Lipinski definition) is 2. The van der Waals surface area contributed by atoms with Crippen LogP contribution in [0.25, 0.3) is 0 Å². The molecule has 0 aliphatic heterocycles. The molecule has 4 nitrogen and oxygen atoms in total. The number of aromatic nitrogens is 2. The Kier molecular flexibility index (Phi) is 4.10. The summed E-state index contributed by atoms with van der Waals surface area (Å²) in [5, 5.41) is 5.72. The molecule has 0 amide bonds. The van der Waals surface area contributed by atoms with Crippen LogP contribution < -0.4 is 11.1 Å². The Labute approximate surface area is 129 Å². The molecule has 2 heterocycles. The summed E-state index contributed by atoms with van der Waals surface area (Å²) in [5.74, 6) is 2.92. The van der Waals surface area contributed by atoms with Crippen LogP contribution in [0.2, 0.25) is 0 Å². The number of nitrogens with zero attached hydrogens (tertiary/aromatic N) is 2. The minimum absolute atomic E-state index is 0.301. The first kappa shape index (κ1) is 14.3. The van der Waals surface area contributed by atoms with E-state index in [9.17, 15) is 0 Å². The van der Waals surface area contributed by atoms with E-state index in [1.807, 2.05) is 6.92 Å². The number of hydrogen-bond acceptors (Lipinski definition) is 5. The van der Waals surface area contributed by atoms with E-state index in [2.05, 4.69) is 34.7 Å². The first-order valence-corrected chi connectivity index (χ1v) is 8.51. The summed E-state index contributed by atoms with van der Waals surface area (Å²) in [7, 11) is 0. The Balaban J connectivity index is 1.88. The Hall–Kier alpha value is -1.62. The van der Waals surface area contributed by atoms with Crippen LogP contribution in [0.15, 0.2) is 17.5 Å². The minimum Gasteiger partial charge on any atom is -0.383 e. The molecule has 3 rings (SSSR count). The largest absolute Gasteiger partial charge is 0.383 e. The van der Waals surface area contributed by atoms with E-state index in [-0.39, 0.29) is 0 Å². The molecule has 0 bridgehead atoms. The lowest BCUT2D eigenvalue weighted by Gasteiger charge is -2.20. The first-order valence-electron chi connectivity index (χ1n) is 7.63. The van der Waals surface area contributed by atoms with E-state index in [1.165, 1.54) is 17.7 Å². The zero-order chi connectivity index (χ0) is 14.8. The molecule has 3 N–H and O–H groups in total. The first-order chi connectivity index (χ1) is 10.2. The molecule has 1 fully saturated rings. The Morgan fingerprint density at radius 2 is 2.24 bits per heavy atom. The highest BCUT2D eigenvalue weighted by molar-refractivity contribution is 7.10. The third kappa shape index (κ3) is 3.18. The van der Waals surface area contributed by atoms with Crippen LogP contribution in [-0.4, -0.2) is 9.97 Å². The van der Waals surface area contributed by atoms with Crippen LogP contribution in [0, 0.1) is 6.92 Å². The van der Waals surface area contributed by atoms with Crippen LogP contribution in [-0.2, 0) is 0 Å². The molecular formula is C16H22N4S. The Bertz CT molecular complexity index is 605. The van der Waals surface area contributed by atoms with Crippen LogP contribution in [0.5, 0.6) is 0 Å². The number of nitrogens with one attached hydrogen (secondary N) is 1.